The van der Waals surface area contributed by atoms with Crippen molar-refractivity contribution in [1.82, 2.24) is 5.32 Å². The van der Waals surface area contributed by atoms with E-state index in [2.05, 4.69) is 12.2 Å². The normalized spacial score (nSPS) is 11.9. The van der Waals surface area contributed by atoms with Crippen molar-refractivity contribution in [3.05, 3.63) is 29.8 Å². The molecule has 5 nitrogen and oxygen atoms in total. The number of nitrogens with one attached hydrogen (secondary N) is 1. The van der Waals surface area contributed by atoms with Crippen LogP contribution in [0.2, 0.25) is 0 Å². The summed E-state index contributed by atoms with van der Waals surface area (Å²) in [4.78, 5) is 23.2. The molecule has 5 heteroatoms. The molecule has 0 heterocycles. The number of amides is 1. The van der Waals surface area contributed by atoms with Gasteiger partial charge >= 0.3 is 5.97 Å². The number of carboxylic acids is 1. The van der Waals surface area contributed by atoms with E-state index in [0.717, 1.165) is 24.8 Å². The SMILES string of the molecule is CCCCCCCCCC(=O)N[C@@H](Cc1ccc(O)cc1)C(=O)O. The number of carboxylic acid groups (broad SMARTS) is 1. The molecule has 1 aromatic rings. The van der Waals surface area contributed by atoms with Gasteiger partial charge < -0.3 is 15.5 Å². The maximum atomic E-state index is 11.9. The maximum absolute atomic E-state index is 11.9. The molecule has 0 aliphatic carbocycles. The molecule has 0 aliphatic heterocycles. The van der Waals surface area contributed by atoms with E-state index >= 15 is 0 Å². The van der Waals surface area contributed by atoms with Gasteiger partial charge in [-0.25, -0.2) is 4.79 Å². The second-order valence-corrected chi connectivity index (χ2v) is 6.20. The molecular weight excluding hydrogens is 306 g/mol. The van der Waals surface area contributed by atoms with Crippen molar-refractivity contribution in [2.45, 2.75) is 70.8 Å². The van der Waals surface area contributed by atoms with Crippen molar-refractivity contribution < 1.29 is 19.8 Å². The van der Waals surface area contributed by atoms with E-state index in [1.165, 1.54) is 37.8 Å². The van der Waals surface area contributed by atoms with E-state index in [1.54, 1.807) is 12.1 Å². The molecule has 0 spiro atoms. The Morgan fingerprint density at radius 2 is 1.58 bits per heavy atom. The fourth-order valence-corrected chi connectivity index (χ4v) is 2.58. The predicted molar refractivity (Wildman–Crippen MR) is 94.0 cm³/mol. The Morgan fingerprint density at radius 1 is 1.00 bits per heavy atom. The van der Waals surface area contributed by atoms with E-state index in [9.17, 15) is 19.8 Å². The molecule has 0 aliphatic rings. The zero-order valence-electron chi connectivity index (χ0n) is 14.5. The molecule has 1 rings (SSSR count). The van der Waals surface area contributed by atoms with Crippen molar-refractivity contribution in [3.63, 3.8) is 0 Å². The lowest BCUT2D eigenvalue weighted by Gasteiger charge is -2.14. The molecule has 0 bridgehead atoms. The number of phenols is 1. The van der Waals surface area contributed by atoms with Gasteiger partial charge in [0.15, 0.2) is 0 Å². The zero-order chi connectivity index (χ0) is 17.8. The summed E-state index contributed by atoms with van der Waals surface area (Å²) in [6.45, 7) is 2.18. The summed E-state index contributed by atoms with van der Waals surface area (Å²) in [6.07, 6.45) is 8.44. The van der Waals surface area contributed by atoms with E-state index in [1.807, 2.05) is 0 Å². The first-order valence-electron chi connectivity index (χ1n) is 8.83. The van der Waals surface area contributed by atoms with Crippen LogP contribution in [-0.2, 0) is 16.0 Å². The average molecular weight is 335 g/mol. The number of hydrogen-bond donors (Lipinski definition) is 3. The number of carbonyl (C=O) groups is 2. The number of carbonyl (C=O) groups excluding carboxylic acids is 1. The van der Waals surface area contributed by atoms with Gasteiger partial charge in [0.05, 0.1) is 0 Å². The third-order valence-corrected chi connectivity index (χ3v) is 4.02. The third kappa shape index (κ3) is 8.56. The van der Waals surface area contributed by atoms with Crippen LogP contribution in [0.3, 0.4) is 0 Å². The molecule has 24 heavy (non-hydrogen) atoms. The Hall–Kier alpha value is -2.04. The molecule has 3 N–H and O–H groups in total. The zero-order valence-corrected chi connectivity index (χ0v) is 14.5. The van der Waals surface area contributed by atoms with Gasteiger partial charge in [0.25, 0.3) is 0 Å². The molecule has 1 amide bonds. The smallest absolute Gasteiger partial charge is 0.326 e. The van der Waals surface area contributed by atoms with Crippen LogP contribution in [0.4, 0.5) is 0 Å². The van der Waals surface area contributed by atoms with Crippen molar-refractivity contribution >= 4 is 11.9 Å². The first kappa shape index (κ1) is 20.0. The van der Waals surface area contributed by atoms with Gasteiger partial charge in [-0.1, -0.05) is 57.6 Å². The lowest BCUT2D eigenvalue weighted by Crippen LogP contribution is -2.42. The van der Waals surface area contributed by atoms with Gasteiger partial charge in [-0.2, -0.15) is 0 Å². The number of benzene rings is 1. The Labute approximate surface area is 144 Å². The van der Waals surface area contributed by atoms with Crippen LogP contribution in [0.15, 0.2) is 24.3 Å². The van der Waals surface area contributed by atoms with Crippen LogP contribution >= 0.6 is 0 Å². The number of aromatic hydroxyl groups is 1. The van der Waals surface area contributed by atoms with Gasteiger partial charge in [0.1, 0.15) is 11.8 Å². The molecule has 0 radical (unpaired) electrons. The van der Waals surface area contributed by atoms with E-state index in [0.29, 0.717) is 6.42 Å². The van der Waals surface area contributed by atoms with Gasteiger partial charge in [-0.15, -0.1) is 0 Å². The van der Waals surface area contributed by atoms with Gasteiger partial charge in [-0.05, 0) is 24.1 Å². The van der Waals surface area contributed by atoms with Gasteiger partial charge in [0.2, 0.25) is 5.91 Å². The Balaban J connectivity index is 2.30. The topological polar surface area (TPSA) is 86.6 Å². The van der Waals surface area contributed by atoms with Crippen LogP contribution in [0.25, 0.3) is 0 Å². The number of unbranched alkanes of at least 4 members (excludes halogenated alkanes) is 6. The van der Waals surface area contributed by atoms with E-state index < -0.39 is 12.0 Å². The van der Waals surface area contributed by atoms with Gasteiger partial charge in [-0.3, -0.25) is 4.79 Å². The molecule has 0 aromatic heterocycles. The Bertz CT molecular complexity index is 499. The van der Waals surface area contributed by atoms with Crippen LogP contribution < -0.4 is 5.32 Å². The van der Waals surface area contributed by atoms with Crippen molar-refractivity contribution in [1.29, 1.82) is 0 Å². The van der Waals surface area contributed by atoms with Crippen molar-refractivity contribution in [3.8, 4) is 5.75 Å². The minimum absolute atomic E-state index is 0.133. The van der Waals surface area contributed by atoms with Crippen LogP contribution in [0.1, 0.15) is 63.9 Å². The number of aliphatic carboxylic acids is 1. The quantitative estimate of drug-likeness (QED) is 0.509. The number of rotatable bonds is 12. The third-order valence-electron chi connectivity index (χ3n) is 4.02. The molecule has 0 fully saturated rings. The highest BCUT2D eigenvalue weighted by Gasteiger charge is 2.20. The minimum atomic E-state index is -1.05. The van der Waals surface area contributed by atoms with Crippen LogP contribution in [-0.4, -0.2) is 28.1 Å². The standard InChI is InChI=1S/C19H29NO4/c1-2-3-4-5-6-7-8-9-18(22)20-17(19(23)24)14-15-10-12-16(21)13-11-15/h10-13,17,21H,2-9,14H2,1H3,(H,20,22)(H,23,24)/t17-/m0/s1. The fourth-order valence-electron chi connectivity index (χ4n) is 2.58. The second kappa shape index (κ2) is 11.5. The molecule has 0 saturated carbocycles. The summed E-state index contributed by atoms with van der Waals surface area (Å²) in [5.41, 5.74) is 0.761. The van der Waals surface area contributed by atoms with Crippen molar-refractivity contribution in [2.24, 2.45) is 0 Å². The molecular formula is C19H29NO4. The number of phenolic OH excluding ortho intramolecular Hbond substituents is 1. The summed E-state index contributed by atoms with van der Waals surface area (Å²) in [5, 5.41) is 21.1. The van der Waals surface area contributed by atoms with E-state index in [4.69, 9.17) is 0 Å². The Morgan fingerprint density at radius 3 is 2.17 bits per heavy atom. The maximum Gasteiger partial charge on any atom is 0.326 e. The minimum Gasteiger partial charge on any atom is -0.508 e. The molecule has 1 aromatic carbocycles. The lowest BCUT2D eigenvalue weighted by molar-refractivity contribution is -0.141. The van der Waals surface area contributed by atoms with Gasteiger partial charge in [0, 0.05) is 12.8 Å². The first-order valence-corrected chi connectivity index (χ1v) is 8.83. The predicted octanol–water partition coefficient (Wildman–Crippen LogP) is 3.64. The summed E-state index contributed by atoms with van der Waals surface area (Å²) in [6, 6.07) is 5.40. The number of hydrogen-bond acceptors (Lipinski definition) is 3. The summed E-state index contributed by atoms with van der Waals surface area (Å²) < 4.78 is 0. The highest BCUT2D eigenvalue weighted by Crippen LogP contribution is 2.12. The highest BCUT2D eigenvalue weighted by molar-refractivity contribution is 5.83. The lowest BCUT2D eigenvalue weighted by atomic mass is 10.0. The second-order valence-electron chi connectivity index (χ2n) is 6.20. The average Bonchev–Trinajstić information content (AvgIpc) is 2.55. The summed E-state index contributed by atoms with van der Waals surface area (Å²) >= 11 is 0. The highest BCUT2D eigenvalue weighted by atomic mass is 16.4. The molecule has 0 saturated heterocycles. The summed E-state index contributed by atoms with van der Waals surface area (Å²) in [7, 11) is 0. The Kier molecular flexibility index (Phi) is 9.58. The molecule has 1 atom stereocenters. The fraction of sp³-hybridized carbons (Fsp3) is 0.579. The first-order chi connectivity index (χ1) is 11.5. The largest absolute Gasteiger partial charge is 0.508 e. The van der Waals surface area contributed by atoms with Crippen molar-refractivity contribution in [2.75, 3.05) is 0 Å². The monoisotopic (exact) mass is 335 g/mol. The van der Waals surface area contributed by atoms with Crippen LogP contribution in [0, 0.1) is 0 Å². The molecule has 134 valence electrons. The van der Waals surface area contributed by atoms with Crippen LogP contribution in [0.5, 0.6) is 5.75 Å². The molecule has 0 unspecified atom stereocenters. The summed E-state index contributed by atoms with van der Waals surface area (Å²) in [5.74, 6) is -1.13. The van der Waals surface area contributed by atoms with E-state index in [-0.39, 0.29) is 18.1 Å².